The summed E-state index contributed by atoms with van der Waals surface area (Å²) in [6.07, 6.45) is 3.38. The fourth-order valence-corrected chi connectivity index (χ4v) is 3.98. The van der Waals surface area contributed by atoms with Crippen LogP contribution < -0.4 is 10.2 Å². The number of rotatable bonds is 3. The molecule has 5 nitrogen and oxygen atoms in total. The molecule has 1 N–H and O–H groups in total. The molecule has 3 heterocycles. The first-order chi connectivity index (χ1) is 13.6. The summed E-state index contributed by atoms with van der Waals surface area (Å²) in [7, 11) is 0. The summed E-state index contributed by atoms with van der Waals surface area (Å²) in [5.74, 6) is 2.25. The van der Waals surface area contributed by atoms with Crippen molar-refractivity contribution < 1.29 is 9.15 Å². The van der Waals surface area contributed by atoms with Gasteiger partial charge in [0.05, 0.1) is 17.7 Å². The summed E-state index contributed by atoms with van der Waals surface area (Å²) < 4.78 is 14.0. The molecule has 28 heavy (non-hydrogen) atoms. The van der Waals surface area contributed by atoms with Crippen LogP contribution in [0.1, 0.15) is 36.7 Å². The lowest BCUT2D eigenvalue weighted by molar-refractivity contribution is 0.404. The minimum Gasteiger partial charge on any atom is -0.468 e. The van der Waals surface area contributed by atoms with Gasteiger partial charge in [-0.25, -0.2) is 4.98 Å². The Morgan fingerprint density at radius 2 is 1.96 bits per heavy atom. The number of aromatic nitrogens is 2. The second kappa shape index (κ2) is 6.37. The van der Waals surface area contributed by atoms with Gasteiger partial charge in [-0.1, -0.05) is 50.2 Å². The van der Waals surface area contributed by atoms with Gasteiger partial charge in [0.25, 0.3) is 0 Å². The third-order valence-corrected chi connectivity index (χ3v) is 5.19. The molecule has 5 rings (SSSR count). The van der Waals surface area contributed by atoms with Gasteiger partial charge in [-0.05, 0) is 23.4 Å². The predicted molar refractivity (Wildman–Crippen MR) is 107 cm³/mol. The van der Waals surface area contributed by atoms with Crippen molar-refractivity contribution in [1.29, 1.82) is 5.41 Å². The first-order valence-corrected chi connectivity index (χ1v) is 9.50. The third kappa shape index (κ3) is 2.54. The van der Waals surface area contributed by atoms with Crippen LogP contribution in [0, 0.1) is 11.3 Å². The molecular formula is C23H21N3O2. The van der Waals surface area contributed by atoms with E-state index in [9.17, 15) is 0 Å². The normalized spacial score (nSPS) is 15.3. The lowest BCUT2D eigenvalue weighted by Crippen LogP contribution is -2.30. The molecule has 1 aliphatic rings. The molecule has 2 aromatic heterocycles. The van der Waals surface area contributed by atoms with Crippen molar-refractivity contribution in [3.63, 3.8) is 0 Å². The number of furan rings is 1. The van der Waals surface area contributed by atoms with Crippen LogP contribution in [0.2, 0.25) is 0 Å². The topological polar surface area (TPSA) is 64.0 Å². The van der Waals surface area contributed by atoms with Crippen LogP contribution in [-0.4, -0.2) is 9.55 Å². The molecule has 4 aromatic rings. The van der Waals surface area contributed by atoms with Gasteiger partial charge in [0.2, 0.25) is 5.88 Å². The highest BCUT2D eigenvalue weighted by Crippen LogP contribution is 2.47. The SMILES string of the molecule is CC(C)Cn1cnc2c(c1=N)[C@@H](c1ccco1)c1ccc3ccccc3c1O2. The highest BCUT2D eigenvalue weighted by Gasteiger charge is 2.34. The number of hydrogen-bond donors (Lipinski definition) is 1. The van der Waals surface area contributed by atoms with E-state index in [1.165, 1.54) is 0 Å². The lowest BCUT2D eigenvalue weighted by Gasteiger charge is -2.28. The van der Waals surface area contributed by atoms with E-state index >= 15 is 0 Å². The van der Waals surface area contributed by atoms with Gasteiger partial charge in [0.15, 0.2) is 0 Å². The minimum absolute atomic E-state index is 0.224. The lowest BCUT2D eigenvalue weighted by atomic mass is 9.86. The third-order valence-electron chi connectivity index (χ3n) is 5.19. The average Bonchev–Trinajstić information content (AvgIpc) is 3.22. The maximum Gasteiger partial charge on any atom is 0.228 e. The summed E-state index contributed by atoms with van der Waals surface area (Å²) in [4.78, 5) is 4.58. The molecule has 0 aliphatic carbocycles. The van der Waals surface area contributed by atoms with Gasteiger partial charge in [0, 0.05) is 17.5 Å². The molecule has 140 valence electrons. The molecule has 0 fully saturated rings. The van der Waals surface area contributed by atoms with Crippen molar-refractivity contribution in [3.05, 3.63) is 83.5 Å². The van der Waals surface area contributed by atoms with Crippen LogP contribution >= 0.6 is 0 Å². The number of fused-ring (bicyclic) bond motifs is 4. The Balaban J connectivity index is 1.80. The van der Waals surface area contributed by atoms with E-state index in [1.54, 1.807) is 12.6 Å². The molecular weight excluding hydrogens is 350 g/mol. The minimum atomic E-state index is -0.224. The van der Waals surface area contributed by atoms with Crippen molar-refractivity contribution in [2.45, 2.75) is 26.3 Å². The van der Waals surface area contributed by atoms with Crippen molar-refractivity contribution in [2.75, 3.05) is 0 Å². The fourth-order valence-electron chi connectivity index (χ4n) is 3.98. The van der Waals surface area contributed by atoms with E-state index in [4.69, 9.17) is 14.6 Å². The van der Waals surface area contributed by atoms with Crippen LogP contribution in [0.3, 0.4) is 0 Å². The van der Waals surface area contributed by atoms with E-state index in [0.717, 1.165) is 40.0 Å². The highest BCUT2D eigenvalue weighted by atomic mass is 16.5. The summed E-state index contributed by atoms with van der Waals surface area (Å²) >= 11 is 0. The molecule has 0 radical (unpaired) electrons. The molecule has 0 bridgehead atoms. The molecule has 1 aliphatic heterocycles. The zero-order chi connectivity index (χ0) is 19.3. The molecule has 2 aromatic carbocycles. The van der Waals surface area contributed by atoms with E-state index < -0.39 is 0 Å². The Labute approximate surface area is 162 Å². The molecule has 0 spiro atoms. The van der Waals surface area contributed by atoms with Crippen LogP contribution in [0.15, 0.2) is 65.5 Å². The average molecular weight is 371 g/mol. The van der Waals surface area contributed by atoms with Crippen molar-refractivity contribution in [2.24, 2.45) is 5.92 Å². The van der Waals surface area contributed by atoms with Crippen molar-refractivity contribution in [1.82, 2.24) is 9.55 Å². The molecule has 0 saturated carbocycles. The van der Waals surface area contributed by atoms with Gasteiger partial charge in [-0.2, -0.15) is 0 Å². The van der Waals surface area contributed by atoms with Crippen LogP contribution in [0.4, 0.5) is 0 Å². The van der Waals surface area contributed by atoms with Gasteiger partial charge < -0.3 is 13.7 Å². The second-order valence-electron chi connectivity index (χ2n) is 7.61. The molecule has 0 amide bonds. The maximum absolute atomic E-state index is 8.86. The Morgan fingerprint density at radius 3 is 2.75 bits per heavy atom. The number of benzene rings is 2. The summed E-state index contributed by atoms with van der Waals surface area (Å²) in [5.41, 5.74) is 2.17. The van der Waals surface area contributed by atoms with E-state index in [2.05, 4.69) is 43.1 Å². The first-order valence-electron chi connectivity index (χ1n) is 9.50. The Hall–Kier alpha value is -3.34. The summed E-state index contributed by atoms with van der Waals surface area (Å²) in [6.45, 7) is 5.00. The van der Waals surface area contributed by atoms with Gasteiger partial charge in [0.1, 0.15) is 23.3 Å². The van der Waals surface area contributed by atoms with Crippen molar-refractivity contribution >= 4 is 10.8 Å². The molecule has 0 unspecified atom stereocenters. The Kier molecular flexibility index (Phi) is 3.83. The first kappa shape index (κ1) is 16.8. The van der Waals surface area contributed by atoms with E-state index in [-0.39, 0.29) is 5.92 Å². The number of ether oxygens (including phenoxy) is 1. The predicted octanol–water partition coefficient (Wildman–Crippen LogP) is 5.05. The maximum atomic E-state index is 8.86. The number of nitrogens with one attached hydrogen (secondary N) is 1. The number of nitrogens with zero attached hydrogens (tertiary/aromatic N) is 2. The van der Waals surface area contributed by atoms with Gasteiger partial charge in [-0.3, -0.25) is 5.41 Å². The largest absolute Gasteiger partial charge is 0.468 e. The second-order valence-corrected chi connectivity index (χ2v) is 7.61. The van der Waals surface area contributed by atoms with Crippen molar-refractivity contribution in [3.8, 4) is 11.6 Å². The molecule has 0 saturated heterocycles. The van der Waals surface area contributed by atoms with Crippen LogP contribution in [0.25, 0.3) is 10.8 Å². The standard InChI is InChI=1S/C23H21N3O2/c1-14(2)12-26-13-25-23-20(22(26)24)19(18-8-5-11-27-18)17-10-9-15-6-3-4-7-16(15)21(17)28-23/h3-11,13-14,19,24H,12H2,1-2H3/t19-/m1/s1. The monoisotopic (exact) mass is 371 g/mol. The van der Waals surface area contributed by atoms with Gasteiger partial charge in [-0.15, -0.1) is 0 Å². The van der Waals surface area contributed by atoms with Crippen LogP contribution in [-0.2, 0) is 6.54 Å². The zero-order valence-corrected chi connectivity index (χ0v) is 15.8. The Bertz CT molecular complexity index is 1220. The van der Waals surface area contributed by atoms with E-state index in [1.807, 2.05) is 28.8 Å². The van der Waals surface area contributed by atoms with Crippen LogP contribution in [0.5, 0.6) is 11.6 Å². The quantitative estimate of drug-likeness (QED) is 0.483. The smallest absolute Gasteiger partial charge is 0.228 e. The molecule has 1 atom stereocenters. The highest BCUT2D eigenvalue weighted by molar-refractivity contribution is 5.91. The number of hydrogen-bond acceptors (Lipinski definition) is 4. The summed E-state index contributed by atoms with van der Waals surface area (Å²) in [5, 5.41) is 11.0. The molecule has 5 heteroatoms. The zero-order valence-electron chi connectivity index (χ0n) is 15.8. The van der Waals surface area contributed by atoms with Gasteiger partial charge >= 0.3 is 0 Å². The fraction of sp³-hybridized carbons (Fsp3) is 0.217. The van der Waals surface area contributed by atoms with E-state index in [0.29, 0.717) is 17.3 Å². The summed E-state index contributed by atoms with van der Waals surface area (Å²) in [6, 6.07) is 16.2. The Morgan fingerprint density at radius 1 is 1.11 bits per heavy atom.